The number of hydrogen-bond acceptors (Lipinski definition) is 6. The van der Waals surface area contributed by atoms with E-state index >= 15 is 0 Å². The highest BCUT2D eigenvalue weighted by molar-refractivity contribution is 7.12. The predicted octanol–water partition coefficient (Wildman–Crippen LogP) is 1.10. The van der Waals surface area contributed by atoms with Gasteiger partial charge in [-0.2, -0.15) is 0 Å². The summed E-state index contributed by atoms with van der Waals surface area (Å²) in [6.07, 6.45) is 0.0247. The van der Waals surface area contributed by atoms with Gasteiger partial charge in [0.15, 0.2) is 5.78 Å². The number of rotatable bonds is 8. The Labute approximate surface area is 110 Å². The van der Waals surface area contributed by atoms with Crippen LogP contribution in [0.25, 0.3) is 0 Å². The zero-order chi connectivity index (χ0) is 13.4. The molecule has 1 atom stereocenters. The molecule has 1 heterocycles. The molecule has 6 heteroatoms. The summed E-state index contributed by atoms with van der Waals surface area (Å²) in [7, 11) is 2.89. The van der Waals surface area contributed by atoms with E-state index < -0.39 is 12.0 Å². The maximum atomic E-state index is 12.2. The number of ether oxygens (including phenoxy) is 2. The van der Waals surface area contributed by atoms with Crippen LogP contribution in [0.5, 0.6) is 0 Å². The van der Waals surface area contributed by atoms with Crippen molar-refractivity contribution in [3.8, 4) is 0 Å². The Kier molecular flexibility index (Phi) is 6.56. The second-order valence-electron chi connectivity index (χ2n) is 3.62. The maximum absolute atomic E-state index is 12.2. The van der Waals surface area contributed by atoms with Gasteiger partial charge in [0.25, 0.3) is 0 Å². The first kappa shape index (κ1) is 14.8. The highest BCUT2D eigenvalue weighted by Crippen LogP contribution is 2.13. The lowest BCUT2D eigenvalue weighted by Crippen LogP contribution is -2.40. The molecular formula is C12H17NO4S. The van der Waals surface area contributed by atoms with Crippen molar-refractivity contribution in [2.45, 2.75) is 12.5 Å². The fourth-order valence-corrected chi connectivity index (χ4v) is 2.15. The Morgan fingerprint density at radius 1 is 1.44 bits per heavy atom. The molecule has 5 nitrogen and oxygen atoms in total. The van der Waals surface area contributed by atoms with Gasteiger partial charge in [0.1, 0.15) is 0 Å². The van der Waals surface area contributed by atoms with E-state index in [1.54, 1.807) is 13.2 Å². The molecular weight excluding hydrogens is 254 g/mol. The average molecular weight is 271 g/mol. The summed E-state index contributed by atoms with van der Waals surface area (Å²) in [6, 6.07) is 2.99. The smallest absolute Gasteiger partial charge is 0.307 e. The second-order valence-corrected chi connectivity index (χ2v) is 4.57. The van der Waals surface area contributed by atoms with Crippen molar-refractivity contribution in [3.63, 3.8) is 0 Å². The molecule has 0 saturated heterocycles. The van der Waals surface area contributed by atoms with E-state index in [2.05, 4.69) is 10.1 Å². The first-order valence-electron chi connectivity index (χ1n) is 5.56. The highest BCUT2D eigenvalue weighted by Gasteiger charge is 2.23. The average Bonchev–Trinajstić information content (AvgIpc) is 2.90. The zero-order valence-corrected chi connectivity index (χ0v) is 11.3. The van der Waals surface area contributed by atoms with Crippen LogP contribution in [0.4, 0.5) is 0 Å². The van der Waals surface area contributed by atoms with Gasteiger partial charge in [-0.1, -0.05) is 6.07 Å². The van der Waals surface area contributed by atoms with E-state index in [0.29, 0.717) is 18.0 Å². The number of hydrogen-bond donors (Lipinski definition) is 1. The molecule has 1 unspecified atom stereocenters. The minimum absolute atomic E-state index is 0.0247. The van der Waals surface area contributed by atoms with E-state index in [0.717, 1.165) is 0 Å². The van der Waals surface area contributed by atoms with Crippen LogP contribution in [0.15, 0.2) is 17.5 Å². The lowest BCUT2D eigenvalue weighted by molar-refractivity contribution is -0.141. The summed E-state index contributed by atoms with van der Waals surface area (Å²) in [4.78, 5) is 24.1. The third-order valence-electron chi connectivity index (χ3n) is 2.38. The summed E-state index contributed by atoms with van der Waals surface area (Å²) in [5.74, 6) is -0.499. The van der Waals surface area contributed by atoms with E-state index in [-0.39, 0.29) is 12.2 Å². The number of nitrogens with one attached hydrogen (secondary N) is 1. The van der Waals surface area contributed by atoms with Gasteiger partial charge < -0.3 is 14.8 Å². The van der Waals surface area contributed by atoms with Gasteiger partial charge in [0, 0.05) is 13.7 Å². The molecule has 0 spiro atoms. The molecule has 0 radical (unpaired) electrons. The standard InChI is InChI=1S/C12H17NO4S/c1-16-6-5-13-9(8-11(14)17-2)12(15)10-4-3-7-18-10/h3-4,7,9,13H,5-6,8H2,1-2H3. The number of thiophene rings is 1. The fourth-order valence-electron chi connectivity index (χ4n) is 1.43. The van der Waals surface area contributed by atoms with E-state index in [1.165, 1.54) is 18.4 Å². The molecule has 0 aliphatic rings. The van der Waals surface area contributed by atoms with E-state index in [9.17, 15) is 9.59 Å². The molecule has 1 aromatic rings. The van der Waals surface area contributed by atoms with Crippen molar-refractivity contribution < 1.29 is 19.1 Å². The molecule has 1 aromatic heterocycles. The molecule has 0 bridgehead atoms. The number of methoxy groups -OCH3 is 2. The van der Waals surface area contributed by atoms with Gasteiger partial charge in [0.2, 0.25) is 0 Å². The maximum Gasteiger partial charge on any atom is 0.307 e. The lowest BCUT2D eigenvalue weighted by Gasteiger charge is -2.15. The SMILES string of the molecule is COCCNC(CC(=O)OC)C(=O)c1cccs1. The fraction of sp³-hybridized carbons (Fsp3) is 0.500. The van der Waals surface area contributed by atoms with Crippen molar-refractivity contribution in [2.24, 2.45) is 0 Å². The van der Waals surface area contributed by atoms with Crippen molar-refractivity contribution in [3.05, 3.63) is 22.4 Å². The largest absolute Gasteiger partial charge is 0.469 e. The van der Waals surface area contributed by atoms with Gasteiger partial charge in [0.05, 0.1) is 31.1 Å². The Balaban J connectivity index is 2.63. The Bertz CT molecular complexity index is 377. The summed E-state index contributed by atoms with van der Waals surface area (Å²) >= 11 is 1.36. The topological polar surface area (TPSA) is 64.6 Å². The van der Waals surface area contributed by atoms with Crippen LogP contribution in [0, 0.1) is 0 Å². The van der Waals surface area contributed by atoms with Crippen LogP contribution in [0.1, 0.15) is 16.1 Å². The quantitative estimate of drug-likeness (QED) is 0.436. The predicted molar refractivity (Wildman–Crippen MR) is 68.9 cm³/mol. The summed E-state index contributed by atoms with van der Waals surface area (Å²) in [6.45, 7) is 0.991. The summed E-state index contributed by atoms with van der Waals surface area (Å²) in [5.41, 5.74) is 0. The van der Waals surface area contributed by atoms with Crippen molar-refractivity contribution in [2.75, 3.05) is 27.4 Å². The van der Waals surface area contributed by atoms with Gasteiger partial charge in [-0.15, -0.1) is 11.3 Å². The highest BCUT2D eigenvalue weighted by atomic mass is 32.1. The minimum Gasteiger partial charge on any atom is -0.469 e. The first-order valence-corrected chi connectivity index (χ1v) is 6.44. The molecule has 0 aromatic carbocycles. The van der Waals surface area contributed by atoms with Crippen LogP contribution in [0.3, 0.4) is 0 Å². The zero-order valence-electron chi connectivity index (χ0n) is 10.5. The van der Waals surface area contributed by atoms with E-state index in [4.69, 9.17) is 4.74 Å². The molecule has 0 aliphatic heterocycles. The number of carbonyl (C=O) groups is 2. The minimum atomic E-state index is -0.564. The van der Waals surface area contributed by atoms with Gasteiger partial charge in [-0.05, 0) is 11.4 Å². The molecule has 0 fully saturated rings. The van der Waals surface area contributed by atoms with Gasteiger partial charge in [-0.25, -0.2) is 0 Å². The number of ketones is 1. The van der Waals surface area contributed by atoms with Gasteiger partial charge in [-0.3, -0.25) is 9.59 Å². The Morgan fingerprint density at radius 2 is 2.22 bits per heavy atom. The normalized spacial score (nSPS) is 12.1. The van der Waals surface area contributed by atoms with Crippen LogP contribution in [-0.4, -0.2) is 45.2 Å². The molecule has 0 saturated carbocycles. The van der Waals surface area contributed by atoms with Crippen molar-refractivity contribution in [1.29, 1.82) is 0 Å². The van der Waals surface area contributed by atoms with Crippen LogP contribution in [0.2, 0.25) is 0 Å². The van der Waals surface area contributed by atoms with Crippen molar-refractivity contribution >= 4 is 23.1 Å². The third-order valence-corrected chi connectivity index (χ3v) is 3.26. The molecule has 0 aliphatic carbocycles. The summed E-state index contributed by atoms with van der Waals surface area (Å²) in [5, 5.41) is 4.84. The molecule has 0 amide bonds. The third kappa shape index (κ3) is 4.56. The van der Waals surface area contributed by atoms with Crippen LogP contribution in [-0.2, 0) is 14.3 Å². The first-order chi connectivity index (χ1) is 8.69. The Hall–Kier alpha value is -1.24. The van der Waals surface area contributed by atoms with Crippen LogP contribution < -0.4 is 5.32 Å². The molecule has 100 valence electrons. The monoisotopic (exact) mass is 271 g/mol. The number of carbonyl (C=O) groups excluding carboxylic acids is 2. The molecule has 1 rings (SSSR count). The lowest BCUT2D eigenvalue weighted by atomic mass is 10.1. The summed E-state index contributed by atoms with van der Waals surface area (Å²) < 4.78 is 9.50. The second kappa shape index (κ2) is 7.97. The van der Waals surface area contributed by atoms with Crippen molar-refractivity contribution in [1.82, 2.24) is 5.32 Å². The molecule has 1 N–H and O–H groups in total. The Morgan fingerprint density at radius 3 is 2.78 bits per heavy atom. The van der Waals surface area contributed by atoms with Crippen LogP contribution >= 0.6 is 11.3 Å². The number of esters is 1. The van der Waals surface area contributed by atoms with E-state index in [1.807, 2.05) is 11.4 Å². The number of Topliss-reactive ketones (excluding diaryl/α,β-unsaturated/α-hetero) is 1. The molecule has 18 heavy (non-hydrogen) atoms. The van der Waals surface area contributed by atoms with Gasteiger partial charge >= 0.3 is 5.97 Å².